The van der Waals surface area contributed by atoms with Gasteiger partial charge in [0.1, 0.15) is 11.6 Å². The number of benzene rings is 2. The number of rotatable bonds is 5. The van der Waals surface area contributed by atoms with E-state index in [1.54, 1.807) is 0 Å². The van der Waals surface area contributed by atoms with Gasteiger partial charge in [-0.15, -0.1) is 0 Å². The molecule has 2 aromatic carbocycles. The van der Waals surface area contributed by atoms with Gasteiger partial charge in [0, 0.05) is 38.2 Å². The van der Waals surface area contributed by atoms with E-state index in [-0.39, 0.29) is 12.1 Å². The summed E-state index contributed by atoms with van der Waals surface area (Å²) in [6.45, 7) is 0.852. The van der Waals surface area contributed by atoms with Crippen molar-refractivity contribution >= 4 is 23.0 Å². The molecular weight excluding hydrogens is 465 g/mol. The van der Waals surface area contributed by atoms with Crippen LogP contribution in [-0.2, 0) is 23.8 Å². The number of hydrogen-bond acceptors (Lipinski definition) is 4. The second-order valence-corrected chi connectivity index (χ2v) is 9.98. The number of likely N-dealkylation sites (N-methyl/N-ethyl adjacent to an activating group) is 1. The summed E-state index contributed by atoms with van der Waals surface area (Å²) in [4.78, 5) is 19.0. The molecule has 1 atom stereocenters. The van der Waals surface area contributed by atoms with Gasteiger partial charge in [-0.2, -0.15) is 13.2 Å². The Morgan fingerprint density at radius 1 is 1.06 bits per heavy atom. The van der Waals surface area contributed by atoms with Crippen molar-refractivity contribution in [1.29, 1.82) is 0 Å². The molecule has 0 aromatic heterocycles. The van der Waals surface area contributed by atoms with Gasteiger partial charge in [-0.1, -0.05) is 43.5 Å². The van der Waals surface area contributed by atoms with Crippen LogP contribution in [0, 0.1) is 5.92 Å². The summed E-state index contributed by atoms with van der Waals surface area (Å²) in [5.41, 5.74) is 3.41. The lowest BCUT2D eigenvalue weighted by Gasteiger charge is -2.38. The molecule has 190 valence electrons. The Labute approximate surface area is 209 Å². The van der Waals surface area contributed by atoms with Crippen molar-refractivity contribution in [3.8, 4) is 0 Å². The van der Waals surface area contributed by atoms with E-state index < -0.39 is 11.7 Å². The highest BCUT2D eigenvalue weighted by molar-refractivity contribution is 6.02. The minimum atomic E-state index is -4.38. The molecule has 1 unspecified atom stereocenters. The van der Waals surface area contributed by atoms with Crippen LogP contribution in [0.3, 0.4) is 0 Å². The zero-order valence-corrected chi connectivity index (χ0v) is 20.4. The molecule has 5 rings (SSSR count). The first-order valence-corrected chi connectivity index (χ1v) is 12.6. The first kappa shape index (κ1) is 24.6. The number of carbonyl (C=O) groups excluding carboxylic acids is 1. The fourth-order valence-corrected chi connectivity index (χ4v) is 5.31. The summed E-state index contributed by atoms with van der Waals surface area (Å²) in [6.07, 6.45) is 4.22. The maximum Gasteiger partial charge on any atom is 0.416 e. The number of hydrogen-bond donors (Lipinski definition) is 2. The zero-order valence-electron chi connectivity index (χ0n) is 20.4. The number of alkyl halides is 3. The number of Topliss-reactive ketones (excluding diaryl/α,β-unsaturated/α-hetero) is 1. The van der Waals surface area contributed by atoms with Crippen LogP contribution in [0.25, 0.3) is 5.70 Å². The molecule has 0 amide bonds. The minimum Gasteiger partial charge on any atom is -0.352 e. The van der Waals surface area contributed by atoms with Crippen molar-refractivity contribution in [3.05, 3.63) is 70.8 Å². The molecule has 0 spiro atoms. The van der Waals surface area contributed by atoms with Gasteiger partial charge in [-0.3, -0.25) is 10.1 Å². The lowest BCUT2D eigenvalue weighted by molar-refractivity contribution is -0.137. The van der Waals surface area contributed by atoms with Gasteiger partial charge in [0.2, 0.25) is 0 Å². The number of nitrogens with zero attached hydrogens (tertiary/aromatic N) is 2. The smallest absolute Gasteiger partial charge is 0.352 e. The van der Waals surface area contributed by atoms with Gasteiger partial charge in [-0.25, -0.2) is 4.99 Å². The van der Waals surface area contributed by atoms with Crippen LogP contribution in [0.2, 0.25) is 0 Å². The predicted octanol–water partition coefficient (Wildman–Crippen LogP) is 5.43. The molecule has 1 saturated carbocycles. The molecule has 2 aromatic rings. The van der Waals surface area contributed by atoms with E-state index in [2.05, 4.69) is 10.6 Å². The monoisotopic (exact) mass is 496 g/mol. The molecule has 5 nitrogen and oxygen atoms in total. The predicted molar refractivity (Wildman–Crippen MR) is 135 cm³/mol. The molecule has 0 bridgehead atoms. The SMILES string of the molecule is CN1C(=Nc2cccc3c2CC(=O)C3)C=C(c2ccc(C(F)(F)F)cc2)NC1NCC1CCCCC1. The van der Waals surface area contributed by atoms with Crippen LogP contribution in [0.4, 0.5) is 18.9 Å². The molecule has 1 heterocycles. The topological polar surface area (TPSA) is 56.7 Å². The summed E-state index contributed by atoms with van der Waals surface area (Å²) in [5.74, 6) is 1.47. The molecule has 0 saturated heterocycles. The van der Waals surface area contributed by atoms with Gasteiger partial charge in [-0.05, 0) is 53.6 Å². The van der Waals surface area contributed by atoms with E-state index in [4.69, 9.17) is 4.99 Å². The molecule has 1 fully saturated rings. The molecule has 8 heteroatoms. The molecule has 1 aliphatic heterocycles. The van der Waals surface area contributed by atoms with Crippen LogP contribution in [-0.4, -0.2) is 36.4 Å². The number of nitrogens with one attached hydrogen (secondary N) is 2. The average molecular weight is 497 g/mol. The molecule has 3 aliphatic rings. The van der Waals surface area contributed by atoms with Gasteiger partial charge in [0.25, 0.3) is 0 Å². The third-order valence-electron chi connectivity index (χ3n) is 7.41. The van der Waals surface area contributed by atoms with Crippen molar-refractivity contribution in [2.75, 3.05) is 13.6 Å². The molecule has 2 aliphatic carbocycles. The largest absolute Gasteiger partial charge is 0.416 e. The maximum atomic E-state index is 13.1. The van der Waals surface area contributed by atoms with Crippen LogP contribution in [0.5, 0.6) is 0 Å². The Balaban J connectivity index is 1.46. The average Bonchev–Trinajstić information content (AvgIpc) is 3.26. The van der Waals surface area contributed by atoms with Gasteiger partial charge in [0.05, 0.1) is 11.3 Å². The van der Waals surface area contributed by atoms with Crippen molar-refractivity contribution in [2.45, 2.75) is 57.4 Å². The number of fused-ring (bicyclic) bond motifs is 1. The van der Waals surface area contributed by atoms with E-state index in [0.717, 1.165) is 35.5 Å². The van der Waals surface area contributed by atoms with Crippen molar-refractivity contribution in [2.24, 2.45) is 10.9 Å². The highest BCUT2D eigenvalue weighted by Crippen LogP contribution is 2.32. The van der Waals surface area contributed by atoms with Crippen molar-refractivity contribution in [3.63, 3.8) is 0 Å². The number of aliphatic imine (C=N–C) groups is 1. The lowest BCUT2D eigenvalue weighted by atomic mass is 9.89. The fourth-order valence-electron chi connectivity index (χ4n) is 5.31. The van der Waals surface area contributed by atoms with E-state index in [1.165, 1.54) is 44.2 Å². The first-order valence-electron chi connectivity index (χ1n) is 12.6. The molecular formula is C28H31F3N4O. The van der Waals surface area contributed by atoms with Crippen LogP contribution < -0.4 is 10.6 Å². The number of halogens is 3. The van der Waals surface area contributed by atoms with Gasteiger partial charge >= 0.3 is 6.18 Å². The third-order valence-corrected chi connectivity index (χ3v) is 7.41. The highest BCUT2D eigenvalue weighted by Gasteiger charge is 2.31. The van der Waals surface area contributed by atoms with E-state index in [9.17, 15) is 18.0 Å². The molecule has 0 radical (unpaired) electrons. The maximum absolute atomic E-state index is 13.1. The lowest BCUT2D eigenvalue weighted by Crippen LogP contribution is -2.57. The standard InChI is InChI=1S/C28H31F3N4O/c1-35-26(33-24-9-5-8-20-14-22(36)15-23(20)24)16-25(19-10-12-21(13-11-19)28(29,30)31)34-27(35)32-17-18-6-3-2-4-7-18/h5,8-13,16,18,27,32,34H,2-4,6-7,14-15,17H2,1H3. The Bertz CT molecular complexity index is 1180. The zero-order chi connectivity index (χ0) is 25.3. The summed E-state index contributed by atoms with van der Waals surface area (Å²) < 4.78 is 39.3. The van der Waals surface area contributed by atoms with Crippen molar-refractivity contribution in [1.82, 2.24) is 15.5 Å². The fraction of sp³-hybridized carbons (Fsp3) is 0.429. The van der Waals surface area contributed by atoms with Gasteiger partial charge in [0.15, 0.2) is 6.29 Å². The van der Waals surface area contributed by atoms with Crippen LogP contribution >= 0.6 is 0 Å². The second-order valence-electron chi connectivity index (χ2n) is 9.98. The quantitative estimate of drug-likeness (QED) is 0.580. The van der Waals surface area contributed by atoms with Crippen LogP contribution in [0.1, 0.15) is 54.4 Å². The van der Waals surface area contributed by atoms with Gasteiger partial charge < -0.3 is 10.2 Å². The Morgan fingerprint density at radius 3 is 2.53 bits per heavy atom. The third kappa shape index (κ3) is 5.33. The number of ketones is 1. The second kappa shape index (κ2) is 10.1. The summed E-state index contributed by atoms with van der Waals surface area (Å²) >= 11 is 0. The molecule has 36 heavy (non-hydrogen) atoms. The molecule has 2 N–H and O–H groups in total. The Morgan fingerprint density at radius 2 is 1.81 bits per heavy atom. The number of carbonyl (C=O) groups is 1. The summed E-state index contributed by atoms with van der Waals surface area (Å²) in [5, 5.41) is 7.06. The van der Waals surface area contributed by atoms with E-state index >= 15 is 0 Å². The van der Waals surface area contributed by atoms with Crippen molar-refractivity contribution < 1.29 is 18.0 Å². The van der Waals surface area contributed by atoms with E-state index in [1.807, 2.05) is 36.2 Å². The van der Waals surface area contributed by atoms with E-state index in [0.29, 0.717) is 35.9 Å². The normalized spacial score (nSPS) is 21.9. The summed E-state index contributed by atoms with van der Waals surface area (Å²) in [6, 6.07) is 11.0. The summed E-state index contributed by atoms with van der Waals surface area (Å²) in [7, 11) is 1.94. The first-order chi connectivity index (χ1) is 17.3. The minimum absolute atomic E-state index is 0.185. The van der Waals surface area contributed by atoms with Crippen LogP contribution in [0.15, 0.2) is 53.5 Å². The Kier molecular flexibility index (Phi) is 6.88. The Hall–Kier alpha value is -3.13. The number of amidine groups is 1. The highest BCUT2D eigenvalue weighted by atomic mass is 19.4.